The second-order valence-corrected chi connectivity index (χ2v) is 6.68. The summed E-state index contributed by atoms with van der Waals surface area (Å²) >= 11 is 5.64. The number of aliphatic hydroxyl groups is 1. The summed E-state index contributed by atoms with van der Waals surface area (Å²) in [6.07, 6.45) is -2.37. The Morgan fingerprint density at radius 2 is 1.96 bits per heavy atom. The minimum Gasteiger partial charge on any atom is -0.385 e. The number of hydrogen-bond acceptors (Lipinski definition) is 6. The molecule has 1 N–H and O–H groups in total. The number of non-ortho nitro benzene ring substituents is 1. The molecule has 1 heterocycles. The van der Waals surface area contributed by atoms with Crippen molar-refractivity contribution in [1.82, 2.24) is 0 Å². The monoisotopic (exact) mass is 357 g/mol. The van der Waals surface area contributed by atoms with Crippen molar-refractivity contribution in [2.24, 2.45) is 5.41 Å². The van der Waals surface area contributed by atoms with Crippen LogP contribution in [0.15, 0.2) is 24.3 Å². The molecule has 0 saturated carbocycles. The van der Waals surface area contributed by atoms with Crippen LogP contribution in [-0.2, 0) is 14.3 Å². The van der Waals surface area contributed by atoms with Crippen LogP contribution in [0, 0.1) is 15.5 Å². The van der Waals surface area contributed by atoms with Crippen molar-refractivity contribution >= 4 is 23.1 Å². The molecule has 1 aliphatic heterocycles. The molecular formula is C16H20ClNO6. The largest absolute Gasteiger partial charge is 0.385 e. The van der Waals surface area contributed by atoms with Gasteiger partial charge in [-0.25, -0.2) is 0 Å². The van der Waals surface area contributed by atoms with Crippen LogP contribution < -0.4 is 0 Å². The first-order chi connectivity index (χ1) is 11.1. The van der Waals surface area contributed by atoms with Crippen LogP contribution in [0.2, 0.25) is 0 Å². The highest BCUT2D eigenvalue weighted by Gasteiger charge is 2.60. The maximum atomic E-state index is 12.7. The van der Waals surface area contributed by atoms with Crippen LogP contribution in [0.5, 0.6) is 0 Å². The van der Waals surface area contributed by atoms with E-state index in [1.54, 1.807) is 20.8 Å². The Bertz CT molecular complexity index is 632. The summed E-state index contributed by atoms with van der Waals surface area (Å²) < 4.78 is 11.4. The summed E-state index contributed by atoms with van der Waals surface area (Å²) in [5, 5.41) is 21.2. The fourth-order valence-corrected chi connectivity index (χ4v) is 2.72. The Morgan fingerprint density at radius 3 is 2.46 bits per heavy atom. The number of nitrogens with zero attached hydrogens (tertiary/aromatic N) is 1. The third-order valence-corrected chi connectivity index (χ3v) is 4.70. The smallest absolute Gasteiger partial charge is 0.269 e. The molecule has 1 aromatic carbocycles. The van der Waals surface area contributed by atoms with Crippen molar-refractivity contribution in [3.05, 3.63) is 39.9 Å². The van der Waals surface area contributed by atoms with E-state index in [9.17, 15) is 20.0 Å². The lowest BCUT2D eigenvalue weighted by atomic mass is 9.79. The van der Waals surface area contributed by atoms with Crippen LogP contribution in [0.4, 0.5) is 5.69 Å². The lowest BCUT2D eigenvalue weighted by Gasteiger charge is -2.34. The van der Waals surface area contributed by atoms with E-state index in [-0.39, 0.29) is 24.0 Å². The van der Waals surface area contributed by atoms with E-state index in [2.05, 4.69) is 0 Å². The Kier molecular flexibility index (Phi) is 5.29. The predicted octanol–water partition coefficient (Wildman–Crippen LogP) is 2.59. The molecule has 24 heavy (non-hydrogen) atoms. The zero-order valence-corrected chi connectivity index (χ0v) is 14.4. The Hall–Kier alpha value is -1.54. The number of alkyl halides is 1. The summed E-state index contributed by atoms with van der Waals surface area (Å²) in [5.74, 6) is -1.27. The van der Waals surface area contributed by atoms with E-state index in [0.717, 1.165) is 0 Å². The number of hydrogen-bond donors (Lipinski definition) is 1. The fourth-order valence-electron chi connectivity index (χ4n) is 2.65. The third-order valence-electron chi connectivity index (χ3n) is 4.55. The Labute approximate surface area is 144 Å². The zero-order valence-electron chi connectivity index (χ0n) is 13.7. The van der Waals surface area contributed by atoms with Gasteiger partial charge in [-0.1, -0.05) is 0 Å². The molecule has 0 amide bonds. The number of rotatable bonds is 6. The first-order valence-electron chi connectivity index (χ1n) is 7.48. The lowest BCUT2D eigenvalue weighted by Crippen LogP contribution is -2.44. The standard InChI is InChI=1S/C16H20ClNO6/c1-15(2)14(20)13(24-16(15,3)23-9-8-17)12(19)10-4-6-11(7-5-10)18(21)22/h4-7,12-13,19H,8-9H2,1-3H3. The number of carbonyl (C=O) groups is 1. The number of benzene rings is 1. The number of ketones is 1. The number of ether oxygens (including phenoxy) is 2. The van der Waals surface area contributed by atoms with E-state index < -0.39 is 28.3 Å². The van der Waals surface area contributed by atoms with E-state index in [4.69, 9.17) is 21.1 Å². The van der Waals surface area contributed by atoms with E-state index in [0.29, 0.717) is 5.56 Å². The molecule has 0 aromatic heterocycles. The van der Waals surface area contributed by atoms with E-state index in [1.165, 1.54) is 24.3 Å². The van der Waals surface area contributed by atoms with Crippen molar-refractivity contribution in [1.29, 1.82) is 0 Å². The maximum absolute atomic E-state index is 12.7. The summed E-state index contributed by atoms with van der Waals surface area (Å²) in [7, 11) is 0. The first-order valence-corrected chi connectivity index (χ1v) is 8.02. The summed E-state index contributed by atoms with van der Waals surface area (Å²) in [6.45, 7) is 5.22. The maximum Gasteiger partial charge on any atom is 0.269 e. The van der Waals surface area contributed by atoms with Gasteiger partial charge in [-0.2, -0.15) is 0 Å². The summed E-state index contributed by atoms with van der Waals surface area (Å²) in [5.41, 5.74) is -0.720. The average molecular weight is 358 g/mol. The van der Waals surface area contributed by atoms with Gasteiger partial charge in [-0.3, -0.25) is 14.9 Å². The number of nitro groups is 1. The predicted molar refractivity (Wildman–Crippen MR) is 86.8 cm³/mol. The van der Waals surface area contributed by atoms with Gasteiger partial charge < -0.3 is 14.6 Å². The number of nitro benzene ring substituents is 1. The highest BCUT2D eigenvalue weighted by Crippen LogP contribution is 2.47. The molecule has 0 spiro atoms. The van der Waals surface area contributed by atoms with Gasteiger partial charge in [0, 0.05) is 18.0 Å². The van der Waals surface area contributed by atoms with Crippen molar-refractivity contribution in [3.63, 3.8) is 0 Å². The average Bonchev–Trinajstić information content (AvgIpc) is 2.73. The van der Waals surface area contributed by atoms with Crippen molar-refractivity contribution < 1.29 is 24.3 Å². The van der Waals surface area contributed by atoms with Gasteiger partial charge in [-0.05, 0) is 38.5 Å². The minimum absolute atomic E-state index is 0.0970. The van der Waals surface area contributed by atoms with Gasteiger partial charge >= 0.3 is 0 Å². The van der Waals surface area contributed by atoms with Crippen LogP contribution in [-0.4, -0.2) is 40.2 Å². The van der Waals surface area contributed by atoms with Crippen molar-refractivity contribution in [2.75, 3.05) is 12.5 Å². The lowest BCUT2D eigenvalue weighted by molar-refractivity contribution is -0.384. The second kappa shape index (κ2) is 6.76. The molecule has 3 atom stereocenters. The van der Waals surface area contributed by atoms with Crippen molar-refractivity contribution in [2.45, 2.75) is 38.8 Å². The zero-order chi connectivity index (χ0) is 18.1. The molecule has 1 aliphatic rings. The molecule has 0 radical (unpaired) electrons. The highest BCUT2D eigenvalue weighted by atomic mass is 35.5. The summed E-state index contributed by atoms with van der Waals surface area (Å²) in [6, 6.07) is 5.35. The molecule has 0 aliphatic carbocycles. The number of aliphatic hydroxyl groups excluding tert-OH is 1. The van der Waals surface area contributed by atoms with Crippen LogP contribution >= 0.6 is 11.6 Å². The topological polar surface area (TPSA) is 98.9 Å². The third kappa shape index (κ3) is 3.17. The number of halogens is 1. The molecular weight excluding hydrogens is 338 g/mol. The highest BCUT2D eigenvalue weighted by molar-refractivity contribution is 6.17. The van der Waals surface area contributed by atoms with E-state index in [1.807, 2.05) is 0 Å². The quantitative estimate of drug-likeness (QED) is 0.477. The number of carbonyl (C=O) groups excluding carboxylic acids is 1. The molecule has 1 aromatic rings. The van der Waals surface area contributed by atoms with Gasteiger partial charge in [0.1, 0.15) is 12.2 Å². The Balaban J connectivity index is 2.25. The molecule has 0 bridgehead atoms. The van der Waals surface area contributed by atoms with Crippen molar-refractivity contribution in [3.8, 4) is 0 Å². The normalized spacial score (nSPS) is 27.2. The van der Waals surface area contributed by atoms with E-state index >= 15 is 0 Å². The molecule has 8 heteroatoms. The van der Waals surface area contributed by atoms with Gasteiger partial charge in [0.2, 0.25) is 0 Å². The molecule has 3 unspecified atom stereocenters. The SMILES string of the molecule is CC1(OCCCl)OC(C(O)c2ccc([N+](=O)[O-])cc2)C(=O)C1(C)C. The van der Waals surface area contributed by atoms with Gasteiger partial charge in [0.05, 0.1) is 16.9 Å². The van der Waals surface area contributed by atoms with Gasteiger partial charge in [0.15, 0.2) is 11.6 Å². The van der Waals surface area contributed by atoms with Crippen LogP contribution in [0.1, 0.15) is 32.4 Å². The second-order valence-electron chi connectivity index (χ2n) is 6.30. The minimum atomic E-state index is -1.25. The summed E-state index contributed by atoms with van der Waals surface area (Å²) in [4.78, 5) is 22.9. The number of Topliss-reactive ketones (excluding diaryl/α,β-unsaturated/α-hetero) is 1. The molecule has 1 saturated heterocycles. The van der Waals surface area contributed by atoms with Crippen LogP contribution in [0.25, 0.3) is 0 Å². The Morgan fingerprint density at radius 1 is 1.38 bits per heavy atom. The molecule has 132 valence electrons. The fraction of sp³-hybridized carbons (Fsp3) is 0.562. The molecule has 2 rings (SSSR count). The van der Waals surface area contributed by atoms with Crippen LogP contribution in [0.3, 0.4) is 0 Å². The molecule has 1 fully saturated rings. The van der Waals surface area contributed by atoms with Gasteiger partial charge in [0.25, 0.3) is 5.69 Å². The van der Waals surface area contributed by atoms with Gasteiger partial charge in [-0.15, -0.1) is 11.6 Å². The molecule has 7 nitrogen and oxygen atoms in total. The first kappa shape index (κ1) is 18.8.